The number of methoxy groups -OCH3 is 1. The molecule has 0 aliphatic carbocycles. The molecule has 0 radical (unpaired) electrons. The van der Waals surface area contributed by atoms with Crippen molar-refractivity contribution >= 4 is 10.9 Å². The van der Waals surface area contributed by atoms with Crippen molar-refractivity contribution in [3.8, 4) is 5.75 Å². The molecular formula is C25H25NO. The predicted octanol–water partition coefficient (Wildman–Crippen LogP) is 5.85. The van der Waals surface area contributed by atoms with Crippen LogP contribution in [0.15, 0.2) is 78.9 Å². The Morgan fingerprint density at radius 3 is 2.30 bits per heavy atom. The summed E-state index contributed by atoms with van der Waals surface area (Å²) < 4.78 is 8.01. The number of aryl methyl sites for hydroxylation is 1. The number of aromatic nitrogens is 1. The summed E-state index contributed by atoms with van der Waals surface area (Å²) in [5, 5.41) is 1.19. The van der Waals surface area contributed by atoms with Crippen LogP contribution in [0.2, 0.25) is 0 Å². The molecule has 1 aromatic heterocycles. The third-order valence-electron chi connectivity index (χ3n) is 5.26. The largest absolute Gasteiger partial charge is 0.496 e. The number of ether oxygens (including phenoxy) is 1. The number of benzene rings is 3. The Bertz CT molecular complexity index is 1050. The maximum atomic E-state index is 5.58. The first-order valence-corrected chi connectivity index (χ1v) is 9.56. The molecular weight excluding hydrogens is 330 g/mol. The van der Waals surface area contributed by atoms with E-state index in [1.807, 2.05) is 6.07 Å². The van der Waals surface area contributed by atoms with Gasteiger partial charge in [0.25, 0.3) is 0 Å². The molecule has 136 valence electrons. The minimum absolute atomic E-state index is 0.878. The monoisotopic (exact) mass is 355 g/mol. The van der Waals surface area contributed by atoms with Crippen molar-refractivity contribution in [3.05, 3.63) is 101 Å². The fourth-order valence-corrected chi connectivity index (χ4v) is 3.84. The van der Waals surface area contributed by atoms with Gasteiger partial charge in [0.05, 0.1) is 12.6 Å². The lowest BCUT2D eigenvalue weighted by Gasteiger charge is -2.14. The summed E-state index contributed by atoms with van der Waals surface area (Å²) in [7, 11) is 1.74. The Balaban J connectivity index is 1.75. The van der Waals surface area contributed by atoms with E-state index in [-0.39, 0.29) is 0 Å². The van der Waals surface area contributed by atoms with E-state index in [0.717, 1.165) is 25.1 Å². The van der Waals surface area contributed by atoms with Crippen LogP contribution in [0.25, 0.3) is 10.9 Å². The molecule has 0 fully saturated rings. The van der Waals surface area contributed by atoms with Gasteiger partial charge in [-0.05, 0) is 47.7 Å². The first-order valence-electron chi connectivity index (χ1n) is 9.56. The van der Waals surface area contributed by atoms with E-state index >= 15 is 0 Å². The molecule has 27 heavy (non-hydrogen) atoms. The molecule has 4 rings (SSSR count). The second-order valence-corrected chi connectivity index (χ2v) is 6.90. The van der Waals surface area contributed by atoms with Crippen molar-refractivity contribution in [2.24, 2.45) is 0 Å². The minimum atomic E-state index is 0.878. The molecule has 0 unspecified atom stereocenters. The van der Waals surface area contributed by atoms with Crippen molar-refractivity contribution in [3.63, 3.8) is 0 Å². The molecule has 0 amide bonds. The lowest BCUT2D eigenvalue weighted by atomic mass is 9.99. The Kier molecular flexibility index (Phi) is 4.97. The van der Waals surface area contributed by atoms with Crippen LogP contribution >= 0.6 is 0 Å². The van der Waals surface area contributed by atoms with E-state index in [9.17, 15) is 0 Å². The Labute approximate surface area is 161 Å². The van der Waals surface area contributed by atoms with E-state index in [1.54, 1.807) is 7.11 Å². The van der Waals surface area contributed by atoms with Gasteiger partial charge in [0.2, 0.25) is 0 Å². The fraction of sp³-hybridized carbons (Fsp3) is 0.200. The zero-order chi connectivity index (χ0) is 18.6. The van der Waals surface area contributed by atoms with Gasteiger partial charge < -0.3 is 9.30 Å². The van der Waals surface area contributed by atoms with Gasteiger partial charge in [0, 0.05) is 17.6 Å². The number of nitrogens with zero attached hydrogens (tertiary/aromatic N) is 1. The summed E-state index contributed by atoms with van der Waals surface area (Å²) >= 11 is 0. The average molecular weight is 355 g/mol. The Morgan fingerprint density at radius 2 is 1.56 bits per heavy atom. The molecule has 0 bridgehead atoms. The highest BCUT2D eigenvalue weighted by Gasteiger charge is 2.13. The van der Waals surface area contributed by atoms with Crippen molar-refractivity contribution in [1.29, 1.82) is 0 Å². The quantitative estimate of drug-likeness (QED) is 0.423. The normalized spacial score (nSPS) is 11.0. The van der Waals surface area contributed by atoms with E-state index in [2.05, 4.69) is 84.3 Å². The minimum Gasteiger partial charge on any atom is -0.496 e. The van der Waals surface area contributed by atoms with Crippen LogP contribution in [0.3, 0.4) is 0 Å². The van der Waals surface area contributed by atoms with Gasteiger partial charge in [-0.2, -0.15) is 0 Å². The number of rotatable bonds is 6. The molecule has 1 heterocycles. The van der Waals surface area contributed by atoms with E-state index in [4.69, 9.17) is 4.74 Å². The van der Waals surface area contributed by atoms with Gasteiger partial charge in [-0.3, -0.25) is 0 Å². The zero-order valence-electron chi connectivity index (χ0n) is 16.0. The molecule has 0 saturated carbocycles. The van der Waals surface area contributed by atoms with Gasteiger partial charge in [0.1, 0.15) is 5.75 Å². The number of hydrogen-bond acceptors (Lipinski definition) is 1. The van der Waals surface area contributed by atoms with Crippen LogP contribution in [0.1, 0.15) is 29.3 Å². The van der Waals surface area contributed by atoms with E-state index in [0.29, 0.717) is 0 Å². The van der Waals surface area contributed by atoms with Crippen LogP contribution < -0.4 is 4.74 Å². The standard InChI is InChI=1S/C25H25NO/c1-3-22-17-23-24(14-9-15-25(23)27-2)26(22)18-21-13-8-7-12-20(21)16-19-10-5-4-6-11-19/h4-15,17H,3,16,18H2,1-2H3. The molecule has 4 aromatic rings. The summed E-state index contributed by atoms with van der Waals surface area (Å²) in [4.78, 5) is 0. The van der Waals surface area contributed by atoms with Crippen molar-refractivity contribution < 1.29 is 4.74 Å². The van der Waals surface area contributed by atoms with Gasteiger partial charge >= 0.3 is 0 Å². The summed E-state index contributed by atoms with van der Waals surface area (Å²) in [5.41, 5.74) is 6.68. The SMILES string of the molecule is CCc1cc2c(OC)cccc2n1Cc1ccccc1Cc1ccccc1. The molecule has 3 aromatic carbocycles. The lowest BCUT2D eigenvalue weighted by molar-refractivity contribution is 0.420. The smallest absolute Gasteiger partial charge is 0.128 e. The maximum Gasteiger partial charge on any atom is 0.128 e. The zero-order valence-corrected chi connectivity index (χ0v) is 16.0. The molecule has 0 aliphatic rings. The van der Waals surface area contributed by atoms with Crippen LogP contribution in [0.5, 0.6) is 5.75 Å². The summed E-state index contributed by atoms with van der Waals surface area (Å²) in [6, 6.07) is 28.0. The highest BCUT2D eigenvalue weighted by molar-refractivity contribution is 5.87. The number of fused-ring (bicyclic) bond motifs is 1. The van der Waals surface area contributed by atoms with Crippen LogP contribution in [-0.2, 0) is 19.4 Å². The van der Waals surface area contributed by atoms with Crippen LogP contribution in [-0.4, -0.2) is 11.7 Å². The fourth-order valence-electron chi connectivity index (χ4n) is 3.84. The third kappa shape index (κ3) is 3.48. The van der Waals surface area contributed by atoms with E-state index < -0.39 is 0 Å². The maximum absolute atomic E-state index is 5.58. The van der Waals surface area contributed by atoms with E-state index in [1.165, 1.54) is 33.3 Å². The predicted molar refractivity (Wildman–Crippen MR) is 113 cm³/mol. The summed E-state index contributed by atoms with van der Waals surface area (Å²) in [6.07, 6.45) is 1.96. The first-order chi connectivity index (χ1) is 13.3. The topological polar surface area (TPSA) is 14.2 Å². The van der Waals surface area contributed by atoms with Crippen molar-refractivity contribution in [2.75, 3.05) is 7.11 Å². The second kappa shape index (κ2) is 7.71. The summed E-state index contributed by atoms with van der Waals surface area (Å²) in [5.74, 6) is 0.943. The van der Waals surface area contributed by atoms with Crippen LogP contribution in [0, 0.1) is 0 Å². The molecule has 0 spiro atoms. The Hall–Kier alpha value is -3.00. The van der Waals surface area contributed by atoms with Crippen LogP contribution in [0.4, 0.5) is 0 Å². The molecule has 0 saturated heterocycles. The molecule has 0 N–H and O–H groups in total. The van der Waals surface area contributed by atoms with Crippen molar-refractivity contribution in [2.45, 2.75) is 26.3 Å². The molecule has 2 heteroatoms. The lowest BCUT2D eigenvalue weighted by Crippen LogP contribution is -2.06. The molecule has 0 atom stereocenters. The average Bonchev–Trinajstić information content (AvgIpc) is 3.08. The van der Waals surface area contributed by atoms with Gasteiger partial charge in [-0.15, -0.1) is 0 Å². The summed E-state index contributed by atoms with van der Waals surface area (Å²) in [6.45, 7) is 3.09. The highest BCUT2D eigenvalue weighted by Crippen LogP contribution is 2.30. The molecule has 2 nitrogen and oxygen atoms in total. The van der Waals surface area contributed by atoms with Gasteiger partial charge in [-0.1, -0.05) is 67.6 Å². The first kappa shape index (κ1) is 17.4. The second-order valence-electron chi connectivity index (χ2n) is 6.90. The van der Waals surface area contributed by atoms with Crippen molar-refractivity contribution in [1.82, 2.24) is 4.57 Å². The molecule has 0 aliphatic heterocycles. The van der Waals surface area contributed by atoms with Gasteiger partial charge in [0.15, 0.2) is 0 Å². The Morgan fingerprint density at radius 1 is 0.815 bits per heavy atom. The number of hydrogen-bond donors (Lipinski definition) is 0. The third-order valence-corrected chi connectivity index (χ3v) is 5.26. The van der Waals surface area contributed by atoms with Gasteiger partial charge in [-0.25, -0.2) is 0 Å². The highest BCUT2D eigenvalue weighted by atomic mass is 16.5.